The summed E-state index contributed by atoms with van der Waals surface area (Å²) in [5.41, 5.74) is 4.27. The minimum atomic E-state index is -0.266. The van der Waals surface area contributed by atoms with Gasteiger partial charge in [0.15, 0.2) is 0 Å². The maximum Gasteiger partial charge on any atom is 0.123 e. The molecule has 0 aliphatic heterocycles. The standard InChI is InChI=1S/C24H22FNO/c1-2-3-4-14-27-22-12-13-23(20-6-5-7-21(25)15-20)24(16-22)19-10-8-18(17-26)9-11-19/h5-13,15-16H,2-4,14H2,1H3. The third-order valence-corrected chi connectivity index (χ3v) is 4.47. The van der Waals surface area contributed by atoms with Gasteiger partial charge in [0.1, 0.15) is 11.6 Å². The Labute approximate surface area is 159 Å². The van der Waals surface area contributed by atoms with Gasteiger partial charge < -0.3 is 4.74 Å². The molecule has 2 nitrogen and oxygen atoms in total. The van der Waals surface area contributed by atoms with Gasteiger partial charge in [0.25, 0.3) is 0 Å². The van der Waals surface area contributed by atoms with Crippen LogP contribution in [-0.4, -0.2) is 6.61 Å². The third-order valence-electron chi connectivity index (χ3n) is 4.47. The molecule has 0 aliphatic carbocycles. The summed E-state index contributed by atoms with van der Waals surface area (Å²) in [4.78, 5) is 0. The van der Waals surface area contributed by atoms with Crippen molar-refractivity contribution in [3.8, 4) is 34.1 Å². The number of rotatable bonds is 7. The van der Waals surface area contributed by atoms with E-state index < -0.39 is 0 Å². The van der Waals surface area contributed by atoms with Crippen LogP contribution >= 0.6 is 0 Å². The number of hydrogen-bond acceptors (Lipinski definition) is 2. The average molecular weight is 359 g/mol. The van der Waals surface area contributed by atoms with Crippen LogP contribution in [0.3, 0.4) is 0 Å². The minimum Gasteiger partial charge on any atom is -0.494 e. The molecule has 136 valence electrons. The van der Waals surface area contributed by atoms with Crippen molar-refractivity contribution in [2.45, 2.75) is 26.2 Å². The van der Waals surface area contributed by atoms with Crippen molar-refractivity contribution in [3.63, 3.8) is 0 Å². The van der Waals surface area contributed by atoms with Crippen LogP contribution in [0.2, 0.25) is 0 Å². The van der Waals surface area contributed by atoms with Gasteiger partial charge in [-0.3, -0.25) is 0 Å². The molecule has 0 amide bonds. The Morgan fingerprint density at radius 2 is 1.70 bits per heavy atom. The molecule has 0 fully saturated rings. The highest BCUT2D eigenvalue weighted by Gasteiger charge is 2.10. The number of nitriles is 1. The van der Waals surface area contributed by atoms with E-state index in [0.717, 1.165) is 47.3 Å². The van der Waals surface area contributed by atoms with E-state index in [9.17, 15) is 4.39 Å². The summed E-state index contributed by atoms with van der Waals surface area (Å²) in [6.07, 6.45) is 3.32. The van der Waals surface area contributed by atoms with Crippen molar-refractivity contribution in [1.29, 1.82) is 5.26 Å². The number of benzene rings is 3. The second-order valence-electron chi connectivity index (χ2n) is 6.46. The Kier molecular flexibility index (Phi) is 6.22. The minimum absolute atomic E-state index is 0.266. The first-order valence-electron chi connectivity index (χ1n) is 9.24. The van der Waals surface area contributed by atoms with Crippen LogP contribution in [0.5, 0.6) is 5.75 Å². The predicted octanol–water partition coefficient (Wildman–Crippen LogP) is 6.60. The molecule has 0 aliphatic rings. The number of nitrogens with zero attached hydrogens (tertiary/aromatic N) is 1. The predicted molar refractivity (Wildman–Crippen MR) is 107 cm³/mol. The number of ether oxygens (including phenoxy) is 1. The molecule has 0 saturated heterocycles. The van der Waals surface area contributed by atoms with E-state index in [0.29, 0.717) is 12.2 Å². The first-order chi connectivity index (χ1) is 13.2. The SMILES string of the molecule is CCCCCOc1ccc(-c2cccc(F)c2)c(-c2ccc(C#N)cc2)c1. The van der Waals surface area contributed by atoms with E-state index in [1.807, 2.05) is 36.4 Å². The molecule has 0 spiro atoms. The van der Waals surface area contributed by atoms with Crippen molar-refractivity contribution >= 4 is 0 Å². The van der Waals surface area contributed by atoms with Crippen molar-refractivity contribution in [2.24, 2.45) is 0 Å². The van der Waals surface area contributed by atoms with Crippen LogP contribution < -0.4 is 4.74 Å². The lowest BCUT2D eigenvalue weighted by atomic mass is 9.94. The van der Waals surface area contributed by atoms with E-state index in [1.165, 1.54) is 12.1 Å². The molecule has 3 heteroatoms. The number of hydrogen-bond donors (Lipinski definition) is 0. The van der Waals surface area contributed by atoms with Gasteiger partial charge in [-0.25, -0.2) is 4.39 Å². The summed E-state index contributed by atoms with van der Waals surface area (Å²) in [5.74, 6) is 0.531. The van der Waals surface area contributed by atoms with Crippen LogP contribution in [-0.2, 0) is 0 Å². The Hall–Kier alpha value is -3.12. The zero-order chi connectivity index (χ0) is 19.1. The van der Waals surface area contributed by atoms with Gasteiger partial charge in [-0.2, -0.15) is 5.26 Å². The van der Waals surface area contributed by atoms with Crippen LogP contribution in [0, 0.1) is 17.1 Å². The lowest BCUT2D eigenvalue weighted by Crippen LogP contribution is -1.98. The smallest absolute Gasteiger partial charge is 0.123 e. The fourth-order valence-corrected chi connectivity index (χ4v) is 3.03. The quantitative estimate of drug-likeness (QED) is 0.445. The molecule has 3 aromatic carbocycles. The highest BCUT2D eigenvalue weighted by molar-refractivity contribution is 5.84. The fraction of sp³-hybridized carbons (Fsp3) is 0.208. The van der Waals surface area contributed by atoms with E-state index in [-0.39, 0.29) is 5.82 Å². The second kappa shape index (κ2) is 9.00. The van der Waals surface area contributed by atoms with E-state index in [2.05, 4.69) is 13.0 Å². The molecular weight excluding hydrogens is 337 g/mol. The molecule has 0 aromatic heterocycles. The molecule has 0 saturated carbocycles. The highest BCUT2D eigenvalue weighted by Crippen LogP contribution is 2.35. The van der Waals surface area contributed by atoms with Crippen LogP contribution in [0.4, 0.5) is 4.39 Å². The molecule has 27 heavy (non-hydrogen) atoms. The van der Waals surface area contributed by atoms with Gasteiger partial charge in [-0.05, 0) is 65.1 Å². The lowest BCUT2D eigenvalue weighted by Gasteiger charge is -2.14. The molecular formula is C24H22FNO. The van der Waals surface area contributed by atoms with Crippen molar-refractivity contribution in [1.82, 2.24) is 0 Å². The maximum atomic E-state index is 13.7. The first kappa shape index (κ1) is 18.7. The van der Waals surface area contributed by atoms with E-state index in [1.54, 1.807) is 18.2 Å². The monoisotopic (exact) mass is 359 g/mol. The molecule has 0 bridgehead atoms. The Bertz CT molecular complexity index is 941. The molecule has 0 heterocycles. The Morgan fingerprint density at radius 1 is 0.889 bits per heavy atom. The van der Waals surface area contributed by atoms with Crippen LogP contribution in [0.1, 0.15) is 31.7 Å². The van der Waals surface area contributed by atoms with Gasteiger partial charge in [0.05, 0.1) is 18.2 Å². The fourth-order valence-electron chi connectivity index (χ4n) is 3.03. The normalized spacial score (nSPS) is 10.4. The second-order valence-corrected chi connectivity index (χ2v) is 6.46. The summed E-state index contributed by atoms with van der Waals surface area (Å²) < 4.78 is 19.6. The highest BCUT2D eigenvalue weighted by atomic mass is 19.1. The van der Waals surface area contributed by atoms with Crippen molar-refractivity contribution < 1.29 is 9.13 Å². The van der Waals surface area contributed by atoms with Crippen LogP contribution in [0.25, 0.3) is 22.3 Å². The molecule has 0 unspecified atom stereocenters. The van der Waals surface area contributed by atoms with Crippen molar-refractivity contribution in [2.75, 3.05) is 6.61 Å². The lowest BCUT2D eigenvalue weighted by molar-refractivity contribution is 0.306. The van der Waals surface area contributed by atoms with Gasteiger partial charge >= 0.3 is 0 Å². The number of halogens is 1. The summed E-state index contributed by atoms with van der Waals surface area (Å²) in [5, 5.41) is 9.04. The van der Waals surface area contributed by atoms with Gasteiger partial charge in [-0.15, -0.1) is 0 Å². The third kappa shape index (κ3) is 4.74. The van der Waals surface area contributed by atoms with Crippen molar-refractivity contribution in [3.05, 3.63) is 78.1 Å². The van der Waals surface area contributed by atoms with E-state index >= 15 is 0 Å². The topological polar surface area (TPSA) is 33.0 Å². The van der Waals surface area contributed by atoms with Gasteiger partial charge in [0.2, 0.25) is 0 Å². The molecule has 0 N–H and O–H groups in total. The average Bonchev–Trinajstić information content (AvgIpc) is 2.71. The molecule has 3 aromatic rings. The van der Waals surface area contributed by atoms with Gasteiger partial charge in [-0.1, -0.05) is 50.1 Å². The number of unbranched alkanes of at least 4 members (excludes halogenated alkanes) is 2. The summed E-state index contributed by atoms with van der Waals surface area (Å²) in [7, 11) is 0. The Balaban J connectivity index is 2.00. The zero-order valence-electron chi connectivity index (χ0n) is 15.4. The molecule has 3 rings (SSSR count). The summed E-state index contributed by atoms with van der Waals surface area (Å²) in [6, 6.07) is 22.0. The van der Waals surface area contributed by atoms with Crippen LogP contribution in [0.15, 0.2) is 66.7 Å². The summed E-state index contributed by atoms with van der Waals surface area (Å²) in [6.45, 7) is 2.84. The zero-order valence-corrected chi connectivity index (χ0v) is 15.4. The molecule has 0 atom stereocenters. The van der Waals surface area contributed by atoms with E-state index in [4.69, 9.17) is 10.00 Å². The largest absolute Gasteiger partial charge is 0.494 e. The maximum absolute atomic E-state index is 13.7. The van der Waals surface area contributed by atoms with Gasteiger partial charge in [0, 0.05) is 0 Å². The Morgan fingerprint density at radius 3 is 2.41 bits per heavy atom. The summed E-state index contributed by atoms with van der Waals surface area (Å²) >= 11 is 0. The molecule has 0 radical (unpaired) electrons. The first-order valence-corrected chi connectivity index (χ1v) is 9.24.